The zero-order valence-corrected chi connectivity index (χ0v) is 11.2. The molecule has 0 unspecified atom stereocenters. The monoisotopic (exact) mass is 279 g/mol. The van der Waals surface area contributed by atoms with Crippen LogP contribution in [-0.2, 0) is 4.74 Å². The number of aryl methyl sites for hydroxylation is 1. The summed E-state index contributed by atoms with van der Waals surface area (Å²) in [7, 11) is 1.27. The maximum atomic E-state index is 14.0. The minimum atomic E-state index is -0.558. The fraction of sp³-hybridized carbons (Fsp3) is 0.143. The molecular weight excluding hydrogens is 269 g/mol. The van der Waals surface area contributed by atoms with Crippen LogP contribution in [0.25, 0.3) is 11.1 Å². The molecule has 0 aliphatic carbocycles. The van der Waals surface area contributed by atoms with Gasteiger partial charge in [0.05, 0.1) is 12.7 Å². The van der Waals surface area contributed by atoms with Crippen LogP contribution in [0.3, 0.4) is 0 Å². The van der Waals surface area contributed by atoms with Crippen LogP contribution in [0.5, 0.6) is 0 Å². The molecule has 0 saturated carbocycles. The Morgan fingerprint density at radius 2 is 2.05 bits per heavy atom. The summed E-state index contributed by atoms with van der Waals surface area (Å²) in [4.78, 5) is 15.7. The lowest BCUT2D eigenvalue weighted by molar-refractivity contribution is 0.0601. The minimum absolute atomic E-state index is 0.217. The minimum Gasteiger partial charge on any atom is -0.465 e. The highest BCUT2D eigenvalue weighted by Gasteiger charge is 2.17. The molecule has 2 aromatic rings. The molecule has 1 aromatic carbocycles. The SMILES string of the molecule is COC(=O)c1cnc(C)cc1-c1ccc(Cl)cc1F. The first-order chi connectivity index (χ1) is 9.02. The van der Waals surface area contributed by atoms with Crippen LogP contribution >= 0.6 is 11.6 Å². The van der Waals surface area contributed by atoms with Crippen molar-refractivity contribution in [2.75, 3.05) is 7.11 Å². The van der Waals surface area contributed by atoms with Gasteiger partial charge in [-0.05, 0) is 31.2 Å². The van der Waals surface area contributed by atoms with Crippen LogP contribution in [0.1, 0.15) is 16.1 Å². The van der Waals surface area contributed by atoms with Crippen molar-refractivity contribution in [2.24, 2.45) is 0 Å². The number of carbonyl (C=O) groups excluding carboxylic acids is 1. The molecule has 0 aliphatic rings. The molecule has 1 heterocycles. The number of esters is 1. The molecule has 0 radical (unpaired) electrons. The van der Waals surface area contributed by atoms with E-state index in [4.69, 9.17) is 11.6 Å². The number of pyridine rings is 1. The number of carbonyl (C=O) groups is 1. The number of aromatic nitrogens is 1. The lowest BCUT2D eigenvalue weighted by Gasteiger charge is -2.10. The zero-order chi connectivity index (χ0) is 14.0. The van der Waals surface area contributed by atoms with Gasteiger partial charge in [0.25, 0.3) is 0 Å². The highest BCUT2D eigenvalue weighted by atomic mass is 35.5. The molecule has 0 atom stereocenters. The number of nitrogens with zero attached hydrogens (tertiary/aromatic N) is 1. The van der Waals surface area contributed by atoms with Gasteiger partial charge in [-0.2, -0.15) is 0 Å². The number of rotatable bonds is 2. The molecule has 0 N–H and O–H groups in total. The molecular formula is C14H11ClFNO2. The lowest BCUT2D eigenvalue weighted by Crippen LogP contribution is -2.05. The van der Waals surface area contributed by atoms with Gasteiger partial charge in [-0.1, -0.05) is 11.6 Å². The molecule has 1 aromatic heterocycles. The molecule has 0 fully saturated rings. The quantitative estimate of drug-likeness (QED) is 0.788. The van der Waals surface area contributed by atoms with Gasteiger partial charge in [-0.15, -0.1) is 0 Å². The summed E-state index contributed by atoms with van der Waals surface area (Å²) in [6.07, 6.45) is 1.38. The molecule has 19 heavy (non-hydrogen) atoms. The summed E-state index contributed by atoms with van der Waals surface area (Å²) < 4.78 is 18.6. The third-order valence-electron chi connectivity index (χ3n) is 2.67. The number of benzene rings is 1. The molecule has 0 bridgehead atoms. The maximum Gasteiger partial charge on any atom is 0.340 e. The third kappa shape index (κ3) is 2.74. The highest BCUT2D eigenvalue weighted by molar-refractivity contribution is 6.30. The Morgan fingerprint density at radius 3 is 2.68 bits per heavy atom. The van der Waals surface area contributed by atoms with Crippen molar-refractivity contribution in [1.29, 1.82) is 0 Å². The fourth-order valence-corrected chi connectivity index (χ4v) is 1.92. The highest BCUT2D eigenvalue weighted by Crippen LogP contribution is 2.29. The van der Waals surface area contributed by atoms with Crippen LogP contribution in [0.2, 0.25) is 5.02 Å². The molecule has 0 spiro atoms. The molecule has 0 aliphatic heterocycles. The Balaban J connectivity index is 2.66. The predicted molar refractivity (Wildman–Crippen MR) is 70.7 cm³/mol. The third-order valence-corrected chi connectivity index (χ3v) is 2.90. The van der Waals surface area contributed by atoms with Crippen LogP contribution in [-0.4, -0.2) is 18.1 Å². The van der Waals surface area contributed by atoms with Crippen LogP contribution in [0.4, 0.5) is 4.39 Å². The largest absolute Gasteiger partial charge is 0.465 e. The second kappa shape index (κ2) is 5.36. The van der Waals surface area contributed by atoms with Gasteiger partial charge >= 0.3 is 5.97 Å². The van der Waals surface area contributed by atoms with Crippen molar-refractivity contribution in [3.05, 3.63) is 52.6 Å². The number of ether oxygens (including phenoxy) is 1. The van der Waals surface area contributed by atoms with Gasteiger partial charge in [-0.25, -0.2) is 9.18 Å². The Bertz CT molecular complexity index is 643. The van der Waals surface area contributed by atoms with E-state index in [-0.39, 0.29) is 11.1 Å². The average Bonchev–Trinajstić information content (AvgIpc) is 2.38. The van der Waals surface area contributed by atoms with Gasteiger partial charge in [0, 0.05) is 28.0 Å². The van der Waals surface area contributed by atoms with Gasteiger partial charge in [0.15, 0.2) is 0 Å². The van der Waals surface area contributed by atoms with E-state index in [1.54, 1.807) is 19.1 Å². The second-order valence-corrected chi connectivity index (χ2v) is 4.42. The van der Waals surface area contributed by atoms with E-state index in [0.29, 0.717) is 16.3 Å². The Labute approximate surface area is 115 Å². The molecule has 2 rings (SSSR count). The molecule has 98 valence electrons. The Kier molecular flexibility index (Phi) is 3.81. The summed E-state index contributed by atoms with van der Waals surface area (Å²) in [5.41, 5.74) is 1.62. The summed E-state index contributed by atoms with van der Waals surface area (Å²) in [5, 5.41) is 0.298. The van der Waals surface area contributed by atoms with Gasteiger partial charge in [-0.3, -0.25) is 4.98 Å². The van der Waals surface area contributed by atoms with Gasteiger partial charge in [0.1, 0.15) is 5.82 Å². The van der Waals surface area contributed by atoms with Crippen LogP contribution in [0, 0.1) is 12.7 Å². The smallest absolute Gasteiger partial charge is 0.340 e. The summed E-state index contributed by atoms with van der Waals surface area (Å²) in [6, 6.07) is 5.93. The number of hydrogen-bond donors (Lipinski definition) is 0. The second-order valence-electron chi connectivity index (χ2n) is 3.99. The zero-order valence-electron chi connectivity index (χ0n) is 10.4. The Morgan fingerprint density at radius 1 is 1.32 bits per heavy atom. The first-order valence-corrected chi connectivity index (χ1v) is 5.91. The molecule has 0 saturated heterocycles. The topological polar surface area (TPSA) is 39.2 Å². The van der Waals surface area contributed by atoms with Gasteiger partial charge < -0.3 is 4.74 Å². The normalized spacial score (nSPS) is 10.3. The van der Waals surface area contributed by atoms with Crippen LogP contribution in [0.15, 0.2) is 30.5 Å². The summed E-state index contributed by atoms with van der Waals surface area (Å²) >= 11 is 5.72. The van der Waals surface area contributed by atoms with E-state index in [0.717, 1.165) is 0 Å². The fourth-order valence-electron chi connectivity index (χ4n) is 1.76. The van der Waals surface area contributed by atoms with Crippen molar-refractivity contribution in [3.63, 3.8) is 0 Å². The van der Waals surface area contributed by atoms with Crippen molar-refractivity contribution in [3.8, 4) is 11.1 Å². The molecule has 0 amide bonds. The van der Waals surface area contributed by atoms with Crippen molar-refractivity contribution < 1.29 is 13.9 Å². The molecule has 5 heteroatoms. The number of hydrogen-bond acceptors (Lipinski definition) is 3. The lowest BCUT2D eigenvalue weighted by atomic mass is 10.0. The van der Waals surface area contributed by atoms with E-state index in [1.165, 1.54) is 25.4 Å². The van der Waals surface area contributed by atoms with E-state index in [9.17, 15) is 9.18 Å². The van der Waals surface area contributed by atoms with E-state index < -0.39 is 11.8 Å². The predicted octanol–water partition coefficient (Wildman–Crippen LogP) is 3.64. The average molecular weight is 280 g/mol. The first kappa shape index (κ1) is 13.5. The van der Waals surface area contributed by atoms with Crippen LogP contribution < -0.4 is 0 Å². The van der Waals surface area contributed by atoms with E-state index >= 15 is 0 Å². The summed E-state index contributed by atoms with van der Waals surface area (Å²) in [6.45, 7) is 1.76. The van der Waals surface area contributed by atoms with Crippen molar-refractivity contribution >= 4 is 17.6 Å². The number of halogens is 2. The van der Waals surface area contributed by atoms with E-state index in [2.05, 4.69) is 9.72 Å². The maximum absolute atomic E-state index is 14.0. The standard InChI is InChI=1S/C14H11ClFNO2/c1-8-5-11(12(7-17-8)14(18)19-2)10-4-3-9(15)6-13(10)16/h3-7H,1-2H3. The van der Waals surface area contributed by atoms with Crippen molar-refractivity contribution in [1.82, 2.24) is 4.98 Å². The van der Waals surface area contributed by atoms with Gasteiger partial charge in [0.2, 0.25) is 0 Å². The van der Waals surface area contributed by atoms with E-state index in [1.807, 2.05) is 0 Å². The number of methoxy groups -OCH3 is 1. The summed E-state index contributed by atoms with van der Waals surface area (Å²) in [5.74, 6) is -1.06. The van der Waals surface area contributed by atoms with Crippen molar-refractivity contribution in [2.45, 2.75) is 6.92 Å². The molecule has 3 nitrogen and oxygen atoms in total. The first-order valence-electron chi connectivity index (χ1n) is 5.53. The Hall–Kier alpha value is -1.94.